The highest BCUT2D eigenvalue weighted by atomic mass is 32.2. The van der Waals surface area contributed by atoms with Gasteiger partial charge in [0.05, 0.1) is 11.5 Å². The standard InChI is InChI=1S/C12H21NO5S/c1-12(2,3)10(11(15)16)13-9(14)6-8-4-5-19(17,18)7-8/h8,10H,4-7H2,1-3H3,(H,13,14)(H,15,16)/t8?,10-/m0/s1. The number of sulfone groups is 1. The highest BCUT2D eigenvalue weighted by molar-refractivity contribution is 7.91. The van der Waals surface area contributed by atoms with E-state index in [1.54, 1.807) is 20.8 Å². The number of carboxylic acid groups (broad SMARTS) is 1. The van der Waals surface area contributed by atoms with Gasteiger partial charge in [-0.3, -0.25) is 4.79 Å². The fourth-order valence-corrected chi connectivity index (χ4v) is 4.03. The van der Waals surface area contributed by atoms with Crippen LogP contribution in [-0.4, -0.2) is 42.9 Å². The monoisotopic (exact) mass is 291 g/mol. The molecule has 2 atom stereocenters. The predicted molar refractivity (Wildman–Crippen MR) is 70.4 cm³/mol. The van der Waals surface area contributed by atoms with Gasteiger partial charge in [-0.2, -0.15) is 0 Å². The summed E-state index contributed by atoms with van der Waals surface area (Å²) in [4.78, 5) is 22.9. The molecule has 1 saturated heterocycles. The molecular weight excluding hydrogens is 270 g/mol. The number of aliphatic carboxylic acids is 1. The van der Waals surface area contributed by atoms with Gasteiger partial charge < -0.3 is 10.4 Å². The van der Waals surface area contributed by atoms with E-state index in [4.69, 9.17) is 5.11 Å². The fourth-order valence-electron chi connectivity index (χ4n) is 2.16. The van der Waals surface area contributed by atoms with E-state index in [1.807, 2.05) is 0 Å². The highest BCUT2D eigenvalue weighted by Crippen LogP contribution is 2.23. The Labute approximate surface area is 113 Å². The summed E-state index contributed by atoms with van der Waals surface area (Å²) in [5.74, 6) is -1.54. The summed E-state index contributed by atoms with van der Waals surface area (Å²) in [5.41, 5.74) is -0.594. The number of carboxylic acids is 1. The van der Waals surface area contributed by atoms with Gasteiger partial charge in [-0.25, -0.2) is 13.2 Å². The average molecular weight is 291 g/mol. The van der Waals surface area contributed by atoms with Gasteiger partial charge in [0.25, 0.3) is 0 Å². The van der Waals surface area contributed by atoms with Crippen LogP contribution >= 0.6 is 0 Å². The van der Waals surface area contributed by atoms with E-state index in [9.17, 15) is 18.0 Å². The molecule has 0 spiro atoms. The molecule has 110 valence electrons. The minimum Gasteiger partial charge on any atom is -0.480 e. The Bertz CT molecular complexity index is 463. The van der Waals surface area contributed by atoms with Crippen LogP contribution in [0.2, 0.25) is 0 Å². The number of amides is 1. The quantitative estimate of drug-likeness (QED) is 0.782. The molecule has 7 heteroatoms. The first-order chi connectivity index (χ1) is 8.51. The van der Waals surface area contributed by atoms with Gasteiger partial charge >= 0.3 is 5.97 Å². The van der Waals surface area contributed by atoms with Gasteiger partial charge in [0.15, 0.2) is 9.84 Å². The maximum atomic E-state index is 11.8. The molecule has 1 unspecified atom stereocenters. The van der Waals surface area contributed by atoms with Crippen molar-refractivity contribution >= 4 is 21.7 Å². The fraction of sp³-hybridized carbons (Fsp3) is 0.833. The second-order valence-electron chi connectivity index (χ2n) is 6.18. The van der Waals surface area contributed by atoms with Crippen molar-refractivity contribution in [2.45, 2.75) is 39.7 Å². The molecular formula is C12H21NO5S. The van der Waals surface area contributed by atoms with Crippen molar-refractivity contribution < 1.29 is 23.1 Å². The van der Waals surface area contributed by atoms with Crippen molar-refractivity contribution in [3.63, 3.8) is 0 Å². The van der Waals surface area contributed by atoms with E-state index < -0.39 is 33.2 Å². The first-order valence-electron chi connectivity index (χ1n) is 6.24. The minimum absolute atomic E-state index is 0.0215. The van der Waals surface area contributed by atoms with Crippen molar-refractivity contribution in [3.8, 4) is 0 Å². The Hall–Kier alpha value is -1.11. The van der Waals surface area contributed by atoms with Crippen molar-refractivity contribution in [2.24, 2.45) is 11.3 Å². The van der Waals surface area contributed by atoms with Crippen LogP contribution in [0.15, 0.2) is 0 Å². The summed E-state index contributed by atoms with van der Waals surface area (Å²) in [6, 6.07) is -0.974. The van der Waals surface area contributed by atoms with Gasteiger partial charge in [0.2, 0.25) is 5.91 Å². The van der Waals surface area contributed by atoms with E-state index in [1.165, 1.54) is 0 Å². The maximum Gasteiger partial charge on any atom is 0.326 e. The zero-order valence-corrected chi connectivity index (χ0v) is 12.3. The summed E-state index contributed by atoms with van der Waals surface area (Å²) >= 11 is 0. The molecule has 0 aromatic carbocycles. The molecule has 1 heterocycles. The molecule has 0 aliphatic carbocycles. The lowest BCUT2D eigenvalue weighted by atomic mass is 9.86. The van der Waals surface area contributed by atoms with Gasteiger partial charge in [-0.15, -0.1) is 0 Å². The van der Waals surface area contributed by atoms with Crippen LogP contribution in [0, 0.1) is 11.3 Å². The number of hydrogen-bond donors (Lipinski definition) is 2. The summed E-state index contributed by atoms with van der Waals surface area (Å²) in [6.45, 7) is 5.18. The van der Waals surface area contributed by atoms with Crippen LogP contribution in [0.1, 0.15) is 33.6 Å². The summed E-state index contributed by atoms with van der Waals surface area (Å²) < 4.78 is 22.6. The largest absolute Gasteiger partial charge is 0.480 e. The Morgan fingerprint density at radius 1 is 1.37 bits per heavy atom. The summed E-state index contributed by atoms with van der Waals surface area (Å²) in [5, 5.41) is 11.6. The average Bonchev–Trinajstić information content (AvgIpc) is 2.52. The van der Waals surface area contributed by atoms with Gasteiger partial charge in [0, 0.05) is 6.42 Å². The van der Waals surface area contributed by atoms with Gasteiger partial charge in [-0.1, -0.05) is 20.8 Å². The number of carbonyl (C=O) groups is 2. The number of rotatable bonds is 4. The molecule has 2 N–H and O–H groups in total. The molecule has 1 aliphatic heterocycles. The van der Waals surface area contributed by atoms with E-state index in [-0.39, 0.29) is 23.8 Å². The zero-order valence-electron chi connectivity index (χ0n) is 11.5. The molecule has 1 aliphatic rings. The highest BCUT2D eigenvalue weighted by Gasteiger charge is 2.34. The van der Waals surface area contributed by atoms with Crippen molar-refractivity contribution in [3.05, 3.63) is 0 Å². The Balaban J connectivity index is 2.58. The van der Waals surface area contributed by atoms with Crippen LogP contribution in [0.4, 0.5) is 0 Å². The van der Waals surface area contributed by atoms with Crippen LogP contribution in [-0.2, 0) is 19.4 Å². The normalized spacial score (nSPS) is 23.8. The Morgan fingerprint density at radius 3 is 2.32 bits per heavy atom. The predicted octanol–water partition coefficient (Wildman–Crippen LogP) is 0.427. The van der Waals surface area contributed by atoms with E-state index in [0.29, 0.717) is 6.42 Å². The second kappa shape index (κ2) is 5.48. The molecule has 0 radical (unpaired) electrons. The van der Waals surface area contributed by atoms with Crippen LogP contribution < -0.4 is 5.32 Å². The second-order valence-corrected chi connectivity index (χ2v) is 8.41. The number of nitrogens with one attached hydrogen (secondary N) is 1. The summed E-state index contributed by atoms with van der Waals surface area (Å²) in [6.07, 6.45) is 0.544. The third-order valence-corrected chi connectivity index (χ3v) is 5.06. The number of hydrogen-bond acceptors (Lipinski definition) is 4. The van der Waals surface area contributed by atoms with E-state index in [2.05, 4.69) is 5.32 Å². The van der Waals surface area contributed by atoms with Gasteiger partial charge in [0.1, 0.15) is 6.04 Å². The Morgan fingerprint density at radius 2 is 1.95 bits per heavy atom. The molecule has 0 aromatic heterocycles. The lowest BCUT2D eigenvalue weighted by molar-refractivity contribution is -0.145. The first kappa shape index (κ1) is 15.9. The molecule has 1 amide bonds. The van der Waals surface area contributed by atoms with Crippen LogP contribution in [0.3, 0.4) is 0 Å². The zero-order chi connectivity index (χ0) is 14.8. The third-order valence-electron chi connectivity index (χ3n) is 3.22. The molecule has 6 nitrogen and oxygen atoms in total. The minimum atomic E-state index is -3.01. The molecule has 19 heavy (non-hydrogen) atoms. The number of carbonyl (C=O) groups excluding carboxylic acids is 1. The molecule has 0 bridgehead atoms. The van der Waals surface area contributed by atoms with Crippen LogP contribution in [0.25, 0.3) is 0 Å². The third kappa shape index (κ3) is 4.81. The SMILES string of the molecule is CC(C)(C)[C@@H](NC(=O)CC1CCS(=O)(=O)C1)C(=O)O. The van der Waals surface area contributed by atoms with E-state index >= 15 is 0 Å². The van der Waals surface area contributed by atoms with Crippen molar-refractivity contribution in [1.29, 1.82) is 0 Å². The first-order valence-corrected chi connectivity index (χ1v) is 8.06. The van der Waals surface area contributed by atoms with Crippen molar-refractivity contribution in [2.75, 3.05) is 11.5 Å². The molecule has 1 fully saturated rings. The Kier molecular flexibility index (Phi) is 4.60. The van der Waals surface area contributed by atoms with E-state index in [0.717, 1.165) is 0 Å². The van der Waals surface area contributed by atoms with Gasteiger partial charge in [-0.05, 0) is 17.8 Å². The maximum absolute atomic E-state index is 11.8. The molecule has 0 aromatic rings. The van der Waals surface area contributed by atoms with Crippen molar-refractivity contribution in [1.82, 2.24) is 5.32 Å². The smallest absolute Gasteiger partial charge is 0.326 e. The summed E-state index contributed by atoms with van der Waals surface area (Å²) in [7, 11) is -3.01. The molecule has 0 saturated carbocycles. The van der Waals surface area contributed by atoms with Crippen LogP contribution in [0.5, 0.6) is 0 Å². The molecule has 1 rings (SSSR count). The topological polar surface area (TPSA) is 101 Å². The lowest BCUT2D eigenvalue weighted by Crippen LogP contribution is -2.49. The lowest BCUT2D eigenvalue weighted by Gasteiger charge is -2.28.